The number of halogens is 1. The summed E-state index contributed by atoms with van der Waals surface area (Å²) in [6.07, 6.45) is 0. The second-order valence-electron chi connectivity index (χ2n) is 2.84. The molecular formula is C10H8FNO2S. The van der Waals surface area contributed by atoms with Gasteiger partial charge in [-0.2, -0.15) is 5.26 Å². The van der Waals surface area contributed by atoms with E-state index in [0.717, 1.165) is 17.8 Å². The van der Waals surface area contributed by atoms with Gasteiger partial charge in [0, 0.05) is 4.90 Å². The lowest BCUT2D eigenvalue weighted by Gasteiger charge is -2.05. The first-order chi connectivity index (χ1) is 7.04. The van der Waals surface area contributed by atoms with Crippen LogP contribution in [0.4, 0.5) is 4.39 Å². The fourth-order valence-electron chi connectivity index (χ4n) is 0.944. The van der Waals surface area contributed by atoms with Crippen LogP contribution < -0.4 is 0 Å². The molecule has 1 unspecified atom stereocenters. The second kappa shape index (κ2) is 4.80. The molecule has 0 aromatic heterocycles. The quantitative estimate of drug-likeness (QED) is 0.803. The molecule has 78 valence electrons. The van der Waals surface area contributed by atoms with Crippen molar-refractivity contribution in [3.63, 3.8) is 0 Å². The molecule has 3 nitrogen and oxygen atoms in total. The number of nitrogens with zero attached hydrogens (tertiary/aromatic N) is 1. The number of carboxylic acid groups (broad SMARTS) is 1. The summed E-state index contributed by atoms with van der Waals surface area (Å²) < 4.78 is 13.2. The van der Waals surface area contributed by atoms with Crippen LogP contribution in [0, 0.1) is 17.1 Å². The summed E-state index contributed by atoms with van der Waals surface area (Å²) in [4.78, 5) is 10.8. The van der Waals surface area contributed by atoms with Gasteiger partial charge in [0.25, 0.3) is 0 Å². The SMILES string of the molecule is CC(C#N)Sc1cc(C(=O)O)ccc1F. The molecule has 0 aliphatic heterocycles. The molecule has 5 heteroatoms. The molecule has 0 bridgehead atoms. The molecule has 0 radical (unpaired) electrons. The highest BCUT2D eigenvalue weighted by molar-refractivity contribution is 8.00. The van der Waals surface area contributed by atoms with Crippen molar-refractivity contribution >= 4 is 17.7 Å². The molecule has 0 heterocycles. The van der Waals surface area contributed by atoms with Gasteiger partial charge in [0.2, 0.25) is 0 Å². The van der Waals surface area contributed by atoms with E-state index in [9.17, 15) is 9.18 Å². The average molecular weight is 225 g/mol. The maximum atomic E-state index is 13.2. The van der Waals surface area contributed by atoms with E-state index in [0.29, 0.717) is 0 Å². The molecule has 0 spiro atoms. The van der Waals surface area contributed by atoms with Gasteiger partial charge < -0.3 is 5.11 Å². The maximum absolute atomic E-state index is 13.2. The number of thioether (sulfide) groups is 1. The highest BCUT2D eigenvalue weighted by atomic mass is 32.2. The molecule has 0 fully saturated rings. The molecule has 0 aliphatic rings. The predicted octanol–water partition coefficient (Wildman–Crippen LogP) is 2.53. The zero-order valence-corrected chi connectivity index (χ0v) is 8.71. The number of carboxylic acids is 1. The summed E-state index contributed by atoms with van der Waals surface area (Å²) in [6, 6.07) is 5.46. The summed E-state index contributed by atoms with van der Waals surface area (Å²) >= 11 is 1.00. The van der Waals surface area contributed by atoms with Gasteiger partial charge in [0.1, 0.15) is 5.82 Å². The number of carbonyl (C=O) groups is 1. The van der Waals surface area contributed by atoms with Gasteiger partial charge >= 0.3 is 5.97 Å². The lowest BCUT2D eigenvalue weighted by atomic mass is 10.2. The van der Waals surface area contributed by atoms with E-state index < -0.39 is 17.0 Å². The number of hydrogen-bond acceptors (Lipinski definition) is 3. The standard InChI is InChI=1S/C10H8FNO2S/c1-6(5-12)15-9-4-7(10(13)14)2-3-8(9)11/h2-4,6H,1H3,(H,13,14). The molecule has 1 atom stereocenters. The third-order valence-corrected chi connectivity index (χ3v) is 2.69. The third kappa shape index (κ3) is 2.96. The van der Waals surface area contributed by atoms with Gasteiger partial charge in [-0.25, -0.2) is 9.18 Å². The summed E-state index contributed by atoms with van der Waals surface area (Å²) in [5.74, 6) is -1.62. The summed E-state index contributed by atoms with van der Waals surface area (Å²) in [5.41, 5.74) is 0.0176. The van der Waals surface area contributed by atoms with Crippen molar-refractivity contribution in [2.45, 2.75) is 17.1 Å². The summed E-state index contributed by atoms with van der Waals surface area (Å²) in [7, 11) is 0. The molecule has 0 amide bonds. The number of nitriles is 1. The van der Waals surface area contributed by atoms with Crippen molar-refractivity contribution in [2.24, 2.45) is 0 Å². The molecule has 15 heavy (non-hydrogen) atoms. The van der Waals surface area contributed by atoms with E-state index >= 15 is 0 Å². The maximum Gasteiger partial charge on any atom is 0.335 e. The fraction of sp³-hybridized carbons (Fsp3) is 0.200. The van der Waals surface area contributed by atoms with Crippen LogP contribution in [0.5, 0.6) is 0 Å². The smallest absolute Gasteiger partial charge is 0.335 e. The van der Waals surface area contributed by atoms with Gasteiger partial charge in [-0.15, -0.1) is 11.8 Å². The molecule has 1 N–H and O–H groups in total. The fourth-order valence-corrected chi connectivity index (χ4v) is 1.75. The van der Waals surface area contributed by atoms with Crippen molar-refractivity contribution in [3.05, 3.63) is 29.6 Å². The van der Waals surface area contributed by atoms with Gasteiger partial charge in [-0.05, 0) is 25.1 Å². The van der Waals surface area contributed by atoms with Crippen molar-refractivity contribution < 1.29 is 14.3 Å². The van der Waals surface area contributed by atoms with Crippen LogP contribution >= 0.6 is 11.8 Å². The van der Waals surface area contributed by atoms with Crippen LogP contribution in [0.3, 0.4) is 0 Å². The summed E-state index contributed by atoms with van der Waals surface area (Å²) in [5, 5.41) is 16.8. The Bertz CT molecular complexity index is 428. The first-order valence-corrected chi connectivity index (χ1v) is 5.01. The first-order valence-electron chi connectivity index (χ1n) is 4.13. The number of rotatable bonds is 3. The largest absolute Gasteiger partial charge is 0.478 e. The number of benzene rings is 1. The normalized spacial score (nSPS) is 11.8. The monoisotopic (exact) mass is 225 g/mol. The lowest BCUT2D eigenvalue weighted by Crippen LogP contribution is -1.98. The van der Waals surface area contributed by atoms with E-state index in [1.165, 1.54) is 12.1 Å². The zero-order chi connectivity index (χ0) is 11.4. The van der Waals surface area contributed by atoms with Crippen molar-refractivity contribution in [1.29, 1.82) is 5.26 Å². The minimum Gasteiger partial charge on any atom is -0.478 e. The molecule has 0 saturated heterocycles. The van der Waals surface area contributed by atoms with Crippen LogP contribution in [-0.2, 0) is 0 Å². The Morgan fingerprint density at radius 2 is 2.33 bits per heavy atom. The topological polar surface area (TPSA) is 61.1 Å². The minimum atomic E-state index is -1.11. The first kappa shape index (κ1) is 11.5. The van der Waals surface area contributed by atoms with Crippen LogP contribution in [0.25, 0.3) is 0 Å². The highest BCUT2D eigenvalue weighted by Gasteiger charge is 2.11. The van der Waals surface area contributed by atoms with E-state index in [1.807, 2.05) is 6.07 Å². The Labute approximate surface area is 90.5 Å². The Kier molecular flexibility index (Phi) is 3.69. The highest BCUT2D eigenvalue weighted by Crippen LogP contribution is 2.26. The number of aromatic carboxylic acids is 1. The van der Waals surface area contributed by atoms with E-state index in [2.05, 4.69) is 0 Å². The molecule has 1 aromatic rings. The molecular weight excluding hydrogens is 217 g/mol. The molecule has 1 rings (SSSR count). The number of hydrogen-bond donors (Lipinski definition) is 1. The second-order valence-corrected chi connectivity index (χ2v) is 4.22. The summed E-state index contributed by atoms with van der Waals surface area (Å²) in [6.45, 7) is 1.62. The third-order valence-electron chi connectivity index (χ3n) is 1.66. The van der Waals surface area contributed by atoms with Crippen LogP contribution in [0.1, 0.15) is 17.3 Å². The van der Waals surface area contributed by atoms with Gasteiger partial charge in [-0.3, -0.25) is 0 Å². The van der Waals surface area contributed by atoms with Crippen LogP contribution in [0.2, 0.25) is 0 Å². The Balaban J connectivity index is 3.01. The average Bonchev–Trinajstić information content (AvgIpc) is 2.20. The van der Waals surface area contributed by atoms with E-state index in [4.69, 9.17) is 10.4 Å². The molecule has 0 aliphatic carbocycles. The lowest BCUT2D eigenvalue weighted by molar-refractivity contribution is 0.0696. The Hall–Kier alpha value is -1.54. The van der Waals surface area contributed by atoms with Crippen LogP contribution in [-0.4, -0.2) is 16.3 Å². The Morgan fingerprint density at radius 3 is 2.87 bits per heavy atom. The Morgan fingerprint density at radius 1 is 1.67 bits per heavy atom. The van der Waals surface area contributed by atoms with Crippen molar-refractivity contribution in [1.82, 2.24) is 0 Å². The van der Waals surface area contributed by atoms with Gasteiger partial charge in [0.15, 0.2) is 0 Å². The zero-order valence-electron chi connectivity index (χ0n) is 7.90. The van der Waals surface area contributed by atoms with Crippen LogP contribution in [0.15, 0.2) is 23.1 Å². The predicted molar refractivity (Wildman–Crippen MR) is 54.3 cm³/mol. The van der Waals surface area contributed by atoms with Crippen molar-refractivity contribution in [3.8, 4) is 6.07 Å². The van der Waals surface area contributed by atoms with Crippen molar-refractivity contribution in [2.75, 3.05) is 0 Å². The molecule has 1 aromatic carbocycles. The van der Waals surface area contributed by atoms with E-state index in [1.54, 1.807) is 6.92 Å². The van der Waals surface area contributed by atoms with E-state index in [-0.39, 0.29) is 10.5 Å². The molecule has 0 saturated carbocycles. The van der Waals surface area contributed by atoms with Gasteiger partial charge in [0.05, 0.1) is 16.9 Å². The van der Waals surface area contributed by atoms with Gasteiger partial charge in [-0.1, -0.05) is 0 Å². The minimum absolute atomic E-state index is 0.0176.